The van der Waals surface area contributed by atoms with Crippen LogP contribution >= 0.6 is 17.0 Å². The van der Waals surface area contributed by atoms with Gasteiger partial charge in [-0.2, -0.15) is 13.2 Å². The molecule has 0 fully saturated rings. The van der Waals surface area contributed by atoms with Crippen LogP contribution in [-0.4, -0.2) is 9.97 Å². The van der Waals surface area contributed by atoms with Gasteiger partial charge in [-0.25, -0.2) is 4.98 Å². The Balaban J connectivity index is 0.00000161. The van der Waals surface area contributed by atoms with E-state index >= 15 is 0 Å². The minimum atomic E-state index is -4.35. The Hall–Kier alpha value is -2.02. The molecule has 0 aliphatic rings. The highest BCUT2D eigenvalue weighted by Gasteiger charge is 2.30. The van der Waals surface area contributed by atoms with Crippen molar-refractivity contribution in [2.24, 2.45) is 0 Å². The molecule has 0 aliphatic carbocycles. The quantitative estimate of drug-likeness (QED) is 0.677. The summed E-state index contributed by atoms with van der Waals surface area (Å²) in [6.07, 6.45) is -4.35. The van der Waals surface area contributed by atoms with Gasteiger partial charge in [0.05, 0.1) is 16.6 Å². The maximum Gasteiger partial charge on any atom is 0.416 e. The van der Waals surface area contributed by atoms with Gasteiger partial charge < -0.3 is 10.7 Å². The first kappa shape index (κ1) is 15.4. The van der Waals surface area contributed by atoms with Gasteiger partial charge >= 0.3 is 6.18 Å². The third-order valence-electron chi connectivity index (χ3n) is 3.02. The zero-order valence-corrected chi connectivity index (χ0v) is 12.3. The molecule has 1 aromatic heterocycles. The number of halogens is 4. The third-order valence-corrected chi connectivity index (χ3v) is 3.02. The highest BCUT2D eigenvalue weighted by Crippen LogP contribution is 2.32. The summed E-state index contributed by atoms with van der Waals surface area (Å²) in [7, 11) is 0. The number of fused-ring (bicyclic) bond motifs is 1. The number of hydrogen-bond donors (Lipinski definition) is 2. The summed E-state index contributed by atoms with van der Waals surface area (Å²) in [6.45, 7) is 0. The molecule has 3 rings (SSSR count). The van der Waals surface area contributed by atoms with Gasteiger partial charge in [-0.3, -0.25) is 0 Å². The Bertz CT molecular complexity index is 780. The van der Waals surface area contributed by atoms with E-state index in [9.17, 15) is 13.2 Å². The summed E-state index contributed by atoms with van der Waals surface area (Å²) in [5.41, 5.74) is 7.40. The number of anilines is 1. The van der Waals surface area contributed by atoms with Crippen LogP contribution in [0.15, 0.2) is 42.5 Å². The molecule has 3 nitrogen and oxygen atoms in total. The molecule has 0 atom stereocenters. The van der Waals surface area contributed by atoms with Crippen LogP contribution in [0, 0.1) is 0 Å². The molecule has 0 amide bonds. The number of hydrogen-bond acceptors (Lipinski definition) is 2. The van der Waals surface area contributed by atoms with Crippen LogP contribution in [-0.2, 0) is 6.18 Å². The predicted octanol–water partition coefficient (Wildman–Crippen LogP) is 4.41. The average molecular weight is 358 g/mol. The Morgan fingerprint density at radius 1 is 1.00 bits per heavy atom. The number of alkyl halides is 3. The van der Waals surface area contributed by atoms with E-state index in [0.717, 1.165) is 17.6 Å². The normalized spacial score (nSPS) is 11.4. The monoisotopic (exact) mass is 357 g/mol. The van der Waals surface area contributed by atoms with Gasteiger partial charge in [-0.1, -0.05) is 18.2 Å². The fourth-order valence-electron chi connectivity index (χ4n) is 2.08. The Morgan fingerprint density at radius 3 is 2.43 bits per heavy atom. The molecule has 7 heteroatoms. The maximum atomic E-state index is 12.7. The van der Waals surface area contributed by atoms with Gasteiger partial charge in [0.2, 0.25) is 0 Å². The fraction of sp³-hybridized carbons (Fsp3) is 0.0714. The van der Waals surface area contributed by atoms with Crippen LogP contribution in [0.5, 0.6) is 0 Å². The highest BCUT2D eigenvalue weighted by molar-refractivity contribution is 8.93. The van der Waals surface area contributed by atoms with Crippen LogP contribution in [0.3, 0.4) is 0 Å². The number of nitrogen functional groups attached to an aromatic ring is 1. The smallest absolute Gasteiger partial charge is 0.369 e. The van der Waals surface area contributed by atoms with E-state index in [-0.39, 0.29) is 22.9 Å². The van der Waals surface area contributed by atoms with E-state index in [1.807, 2.05) is 0 Å². The van der Waals surface area contributed by atoms with Crippen LogP contribution in [0.25, 0.3) is 22.2 Å². The molecule has 1 heterocycles. The van der Waals surface area contributed by atoms with E-state index in [4.69, 9.17) is 5.73 Å². The summed E-state index contributed by atoms with van der Waals surface area (Å²) < 4.78 is 38.1. The van der Waals surface area contributed by atoms with Crippen molar-refractivity contribution in [2.75, 3.05) is 5.73 Å². The minimum absolute atomic E-state index is 0. The SMILES string of the molecule is Br.Nc1nc2cc(-c3cccc(C(F)(F)F)c3)ccc2[nH]1. The first-order chi connectivity index (χ1) is 9.43. The van der Waals surface area contributed by atoms with Gasteiger partial charge in [-0.15, -0.1) is 17.0 Å². The van der Waals surface area contributed by atoms with Crippen LogP contribution in [0.1, 0.15) is 5.56 Å². The lowest BCUT2D eigenvalue weighted by Crippen LogP contribution is -2.04. The standard InChI is InChI=1S/C14H10F3N3.BrH/c15-14(16,17)10-3-1-2-8(6-10)9-4-5-11-12(7-9)20-13(18)19-11;/h1-7H,(H3,18,19,20);1H. The molecule has 0 spiro atoms. The molecule has 110 valence electrons. The second-order valence-corrected chi connectivity index (χ2v) is 4.43. The van der Waals surface area contributed by atoms with E-state index < -0.39 is 11.7 Å². The highest BCUT2D eigenvalue weighted by atomic mass is 79.9. The summed E-state index contributed by atoms with van der Waals surface area (Å²) in [4.78, 5) is 6.93. The van der Waals surface area contributed by atoms with E-state index in [0.29, 0.717) is 16.6 Å². The van der Waals surface area contributed by atoms with E-state index in [2.05, 4.69) is 9.97 Å². The summed E-state index contributed by atoms with van der Waals surface area (Å²) in [5, 5.41) is 0. The van der Waals surface area contributed by atoms with Gasteiger partial charge in [0.1, 0.15) is 0 Å². The van der Waals surface area contributed by atoms with Crippen molar-refractivity contribution in [3.05, 3.63) is 48.0 Å². The number of aromatic amines is 1. The van der Waals surface area contributed by atoms with Crippen molar-refractivity contribution in [3.63, 3.8) is 0 Å². The molecule has 0 saturated carbocycles. The fourth-order valence-corrected chi connectivity index (χ4v) is 2.08. The molecule has 0 aliphatic heterocycles. The molecular weight excluding hydrogens is 347 g/mol. The molecule has 21 heavy (non-hydrogen) atoms. The number of benzene rings is 2. The number of H-pyrrole nitrogens is 1. The van der Waals surface area contributed by atoms with Crippen molar-refractivity contribution < 1.29 is 13.2 Å². The molecule has 2 aromatic carbocycles. The van der Waals surface area contributed by atoms with Crippen molar-refractivity contribution >= 4 is 34.0 Å². The van der Waals surface area contributed by atoms with Crippen molar-refractivity contribution in [1.82, 2.24) is 9.97 Å². The zero-order valence-electron chi connectivity index (χ0n) is 10.6. The molecule has 0 unspecified atom stereocenters. The lowest BCUT2D eigenvalue weighted by atomic mass is 10.0. The molecule has 0 bridgehead atoms. The van der Waals surface area contributed by atoms with Crippen LogP contribution in [0.2, 0.25) is 0 Å². The largest absolute Gasteiger partial charge is 0.416 e. The number of nitrogens with zero attached hydrogens (tertiary/aromatic N) is 1. The predicted molar refractivity (Wildman–Crippen MR) is 81.3 cm³/mol. The number of imidazole rings is 1. The first-order valence-corrected chi connectivity index (χ1v) is 5.86. The first-order valence-electron chi connectivity index (χ1n) is 5.86. The Labute approximate surface area is 128 Å². The van der Waals surface area contributed by atoms with Gasteiger partial charge in [-0.05, 0) is 35.4 Å². The van der Waals surface area contributed by atoms with Crippen molar-refractivity contribution in [2.45, 2.75) is 6.18 Å². The molecule has 0 saturated heterocycles. The van der Waals surface area contributed by atoms with E-state index in [1.54, 1.807) is 24.3 Å². The summed E-state index contributed by atoms with van der Waals surface area (Å²) in [5.74, 6) is 0.279. The summed E-state index contributed by atoms with van der Waals surface area (Å²) >= 11 is 0. The number of rotatable bonds is 1. The van der Waals surface area contributed by atoms with Crippen LogP contribution in [0.4, 0.5) is 19.1 Å². The van der Waals surface area contributed by atoms with Gasteiger partial charge in [0.25, 0.3) is 0 Å². The summed E-state index contributed by atoms with van der Waals surface area (Å²) in [6, 6.07) is 10.4. The molecule has 3 N–H and O–H groups in total. The number of nitrogens with two attached hydrogens (primary N) is 1. The average Bonchev–Trinajstić information content (AvgIpc) is 2.77. The number of nitrogens with one attached hydrogen (secondary N) is 1. The van der Waals surface area contributed by atoms with Crippen LogP contribution < -0.4 is 5.73 Å². The minimum Gasteiger partial charge on any atom is -0.369 e. The lowest BCUT2D eigenvalue weighted by molar-refractivity contribution is -0.137. The van der Waals surface area contributed by atoms with Crippen molar-refractivity contribution in [3.8, 4) is 11.1 Å². The topological polar surface area (TPSA) is 54.7 Å². The van der Waals surface area contributed by atoms with E-state index in [1.165, 1.54) is 6.07 Å². The molecule has 3 aromatic rings. The van der Waals surface area contributed by atoms with Gasteiger partial charge in [0.15, 0.2) is 5.95 Å². The number of aromatic nitrogens is 2. The second-order valence-electron chi connectivity index (χ2n) is 4.43. The van der Waals surface area contributed by atoms with Gasteiger partial charge in [0, 0.05) is 0 Å². The second kappa shape index (κ2) is 5.40. The molecular formula is C14H11BrF3N3. The third kappa shape index (κ3) is 3.02. The Morgan fingerprint density at radius 2 is 1.71 bits per heavy atom. The van der Waals surface area contributed by atoms with Crippen molar-refractivity contribution in [1.29, 1.82) is 0 Å². The zero-order chi connectivity index (χ0) is 14.3. The molecule has 0 radical (unpaired) electrons. The Kier molecular flexibility index (Phi) is 3.95. The lowest BCUT2D eigenvalue weighted by Gasteiger charge is -2.08. The maximum absolute atomic E-state index is 12.7.